The van der Waals surface area contributed by atoms with Crippen molar-refractivity contribution >= 4 is 11.6 Å². The van der Waals surface area contributed by atoms with E-state index >= 15 is 0 Å². The van der Waals surface area contributed by atoms with Gasteiger partial charge in [0.25, 0.3) is 0 Å². The van der Waals surface area contributed by atoms with Gasteiger partial charge in [0.2, 0.25) is 5.91 Å². The first-order valence-corrected chi connectivity index (χ1v) is 4.96. The SMILES string of the molecule is N#Cc1ccc(CC(=O)Nc2cnoc2)cc1. The highest BCUT2D eigenvalue weighted by molar-refractivity contribution is 5.91. The molecule has 0 saturated heterocycles. The number of nitriles is 1. The summed E-state index contributed by atoms with van der Waals surface area (Å²) in [6.45, 7) is 0. The van der Waals surface area contributed by atoms with Crippen molar-refractivity contribution in [1.29, 1.82) is 5.26 Å². The molecule has 0 fully saturated rings. The van der Waals surface area contributed by atoms with E-state index in [9.17, 15) is 4.79 Å². The molecule has 1 aromatic carbocycles. The molecule has 1 amide bonds. The minimum absolute atomic E-state index is 0.155. The van der Waals surface area contributed by atoms with Crippen LogP contribution in [-0.4, -0.2) is 11.1 Å². The Balaban J connectivity index is 1.96. The van der Waals surface area contributed by atoms with Crippen LogP contribution in [0.2, 0.25) is 0 Å². The van der Waals surface area contributed by atoms with Gasteiger partial charge in [0.05, 0.1) is 24.3 Å². The summed E-state index contributed by atoms with van der Waals surface area (Å²) in [4.78, 5) is 11.6. The van der Waals surface area contributed by atoms with E-state index in [0.29, 0.717) is 11.3 Å². The maximum atomic E-state index is 11.6. The summed E-state index contributed by atoms with van der Waals surface area (Å²) in [7, 11) is 0. The number of rotatable bonds is 3. The highest BCUT2D eigenvalue weighted by Crippen LogP contribution is 2.07. The van der Waals surface area contributed by atoms with E-state index < -0.39 is 0 Å². The van der Waals surface area contributed by atoms with Crippen molar-refractivity contribution < 1.29 is 9.32 Å². The number of anilines is 1. The Labute approximate surface area is 97.7 Å². The van der Waals surface area contributed by atoms with Crippen molar-refractivity contribution in [3.05, 3.63) is 47.9 Å². The third-order valence-electron chi connectivity index (χ3n) is 2.16. The average molecular weight is 227 g/mol. The second-order valence-corrected chi connectivity index (χ2v) is 3.45. The molecule has 0 aliphatic rings. The quantitative estimate of drug-likeness (QED) is 0.865. The Morgan fingerprint density at radius 1 is 1.41 bits per heavy atom. The second kappa shape index (κ2) is 4.94. The Bertz CT molecular complexity index is 538. The molecule has 5 heteroatoms. The number of carbonyl (C=O) groups excluding carboxylic acids is 1. The zero-order valence-electron chi connectivity index (χ0n) is 8.88. The first-order chi connectivity index (χ1) is 8.28. The maximum Gasteiger partial charge on any atom is 0.228 e. The minimum atomic E-state index is -0.155. The van der Waals surface area contributed by atoms with Crippen LogP contribution in [0.3, 0.4) is 0 Å². The van der Waals surface area contributed by atoms with E-state index in [1.54, 1.807) is 24.3 Å². The molecule has 84 valence electrons. The first-order valence-electron chi connectivity index (χ1n) is 4.96. The van der Waals surface area contributed by atoms with Crippen LogP contribution in [0, 0.1) is 11.3 Å². The molecule has 0 aliphatic heterocycles. The summed E-state index contributed by atoms with van der Waals surface area (Å²) >= 11 is 0. The molecule has 0 saturated carbocycles. The molecule has 5 nitrogen and oxygen atoms in total. The molecule has 0 spiro atoms. The predicted molar refractivity (Wildman–Crippen MR) is 60.0 cm³/mol. The summed E-state index contributed by atoms with van der Waals surface area (Å²) in [6, 6.07) is 8.90. The van der Waals surface area contributed by atoms with Crippen LogP contribution in [0.1, 0.15) is 11.1 Å². The monoisotopic (exact) mass is 227 g/mol. The fourth-order valence-corrected chi connectivity index (χ4v) is 1.35. The third kappa shape index (κ3) is 2.92. The zero-order chi connectivity index (χ0) is 12.1. The summed E-state index contributed by atoms with van der Waals surface area (Å²) in [5.74, 6) is -0.155. The number of aromatic nitrogens is 1. The molecule has 1 aromatic heterocycles. The molecule has 1 N–H and O–H groups in total. The lowest BCUT2D eigenvalue weighted by Crippen LogP contribution is -2.13. The van der Waals surface area contributed by atoms with E-state index in [0.717, 1.165) is 5.56 Å². The minimum Gasteiger partial charge on any atom is -0.363 e. The van der Waals surface area contributed by atoms with Gasteiger partial charge >= 0.3 is 0 Å². The van der Waals surface area contributed by atoms with Crippen molar-refractivity contribution in [3.63, 3.8) is 0 Å². The van der Waals surface area contributed by atoms with Crippen molar-refractivity contribution in [3.8, 4) is 6.07 Å². The first kappa shape index (κ1) is 10.9. The van der Waals surface area contributed by atoms with Crippen LogP contribution in [0.4, 0.5) is 5.69 Å². The number of carbonyl (C=O) groups is 1. The Hall–Kier alpha value is -2.61. The number of amides is 1. The number of benzene rings is 1. The number of nitrogens with zero attached hydrogens (tertiary/aromatic N) is 2. The van der Waals surface area contributed by atoms with Gasteiger partial charge in [-0.15, -0.1) is 0 Å². The van der Waals surface area contributed by atoms with Crippen molar-refractivity contribution in [2.45, 2.75) is 6.42 Å². The average Bonchev–Trinajstić information content (AvgIpc) is 2.82. The van der Waals surface area contributed by atoms with E-state index in [1.165, 1.54) is 12.5 Å². The smallest absolute Gasteiger partial charge is 0.228 e. The standard InChI is InChI=1S/C12H9N3O2/c13-6-10-3-1-9(2-4-10)5-12(16)15-11-7-14-17-8-11/h1-4,7-8H,5H2,(H,15,16). The molecular formula is C12H9N3O2. The summed E-state index contributed by atoms with van der Waals surface area (Å²) in [5, 5.41) is 14.8. The van der Waals surface area contributed by atoms with Gasteiger partial charge < -0.3 is 9.84 Å². The molecule has 0 unspecified atom stereocenters. The maximum absolute atomic E-state index is 11.6. The Morgan fingerprint density at radius 3 is 2.76 bits per heavy atom. The van der Waals surface area contributed by atoms with Gasteiger partial charge in [-0.25, -0.2) is 0 Å². The summed E-state index contributed by atoms with van der Waals surface area (Å²) in [5.41, 5.74) is 1.95. The van der Waals surface area contributed by atoms with Gasteiger partial charge in [-0.1, -0.05) is 17.3 Å². The van der Waals surface area contributed by atoms with E-state index in [-0.39, 0.29) is 12.3 Å². The second-order valence-electron chi connectivity index (χ2n) is 3.45. The predicted octanol–water partition coefficient (Wildman–Crippen LogP) is 1.73. The fourth-order valence-electron chi connectivity index (χ4n) is 1.35. The van der Waals surface area contributed by atoms with Crippen LogP contribution < -0.4 is 5.32 Å². The number of hydrogen-bond acceptors (Lipinski definition) is 4. The lowest BCUT2D eigenvalue weighted by atomic mass is 10.1. The lowest BCUT2D eigenvalue weighted by Gasteiger charge is -2.01. The molecule has 0 atom stereocenters. The van der Waals surface area contributed by atoms with Gasteiger partial charge in [0.15, 0.2) is 0 Å². The van der Waals surface area contributed by atoms with Gasteiger partial charge in [-0.05, 0) is 17.7 Å². The molecule has 0 bridgehead atoms. The highest BCUT2D eigenvalue weighted by Gasteiger charge is 2.05. The molecular weight excluding hydrogens is 218 g/mol. The van der Waals surface area contributed by atoms with Gasteiger partial charge in [-0.3, -0.25) is 4.79 Å². The lowest BCUT2D eigenvalue weighted by molar-refractivity contribution is -0.115. The molecule has 17 heavy (non-hydrogen) atoms. The van der Waals surface area contributed by atoms with Crippen molar-refractivity contribution in [2.24, 2.45) is 0 Å². The fraction of sp³-hybridized carbons (Fsp3) is 0.0833. The normalized spacial score (nSPS) is 9.59. The largest absolute Gasteiger partial charge is 0.363 e. The number of nitrogens with one attached hydrogen (secondary N) is 1. The topological polar surface area (TPSA) is 78.9 Å². The van der Waals surface area contributed by atoms with E-state index in [1.807, 2.05) is 6.07 Å². The van der Waals surface area contributed by atoms with E-state index in [2.05, 4.69) is 15.0 Å². The van der Waals surface area contributed by atoms with Crippen molar-refractivity contribution in [2.75, 3.05) is 5.32 Å². The number of hydrogen-bond donors (Lipinski definition) is 1. The van der Waals surface area contributed by atoms with Gasteiger partial charge in [-0.2, -0.15) is 5.26 Å². The van der Waals surface area contributed by atoms with Crippen molar-refractivity contribution in [1.82, 2.24) is 5.16 Å². The molecule has 2 aromatic rings. The molecule has 0 radical (unpaired) electrons. The van der Waals surface area contributed by atoms with E-state index in [4.69, 9.17) is 5.26 Å². The highest BCUT2D eigenvalue weighted by atomic mass is 16.5. The molecule has 1 heterocycles. The summed E-state index contributed by atoms with van der Waals surface area (Å²) < 4.78 is 4.60. The third-order valence-corrected chi connectivity index (χ3v) is 2.16. The Kier molecular flexibility index (Phi) is 3.17. The summed E-state index contributed by atoms with van der Waals surface area (Å²) in [6.07, 6.45) is 3.03. The molecule has 2 rings (SSSR count). The van der Waals surface area contributed by atoms with Gasteiger partial charge in [0.1, 0.15) is 12.0 Å². The zero-order valence-corrected chi connectivity index (χ0v) is 8.88. The van der Waals surface area contributed by atoms with Crippen LogP contribution in [0.25, 0.3) is 0 Å². The van der Waals surface area contributed by atoms with Crippen LogP contribution in [-0.2, 0) is 11.2 Å². The van der Waals surface area contributed by atoms with Crippen LogP contribution in [0.5, 0.6) is 0 Å². The van der Waals surface area contributed by atoms with Crippen LogP contribution in [0.15, 0.2) is 41.2 Å². The van der Waals surface area contributed by atoms with Gasteiger partial charge in [0, 0.05) is 0 Å². The molecule has 0 aliphatic carbocycles. The Morgan fingerprint density at radius 2 is 2.18 bits per heavy atom. The van der Waals surface area contributed by atoms with Crippen LogP contribution >= 0.6 is 0 Å².